The van der Waals surface area contributed by atoms with Crippen LogP contribution in [0.1, 0.15) is 28.9 Å². The Morgan fingerprint density at radius 1 is 1.34 bits per heavy atom. The molecule has 1 N–H and O–H groups in total. The highest BCUT2D eigenvalue weighted by Gasteiger charge is 2.43. The fraction of sp³-hybridized carbons (Fsp3) is 0.286. The Morgan fingerprint density at radius 3 is 2.86 bits per heavy atom. The van der Waals surface area contributed by atoms with Crippen molar-refractivity contribution in [2.24, 2.45) is 5.41 Å². The van der Waals surface area contributed by atoms with E-state index >= 15 is 0 Å². The minimum absolute atomic E-state index is 0.0574. The van der Waals surface area contributed by atoms with E-state index in [1.807, 2.05) is 6.07 Å². The Balaban J connectivity index is 1.45. The van der Waals surface area contributed by atoms with Crippen molar-refractivity contribution in [1.29, 1.82) is 0 Å². The second kappa shape index (κ2) is 7.94. The maximum atomic E-state index is 13.4. The number of nitrogens with zero attached hydrogens (tertiary/aromatic N) is 2. The maximum absolute atomic E-state index is 13.4. The van der Waals surface area contributed by atoms with Gasteiger partial charge in [0, 0.05) is 18.3 Å². The van der Waals surface area contributed by atoms with Crippen molar-refractivity contribution in [3.63, 3.8) is 0 Å². The SMILES string of the molecule is COc1ccc(-c2ocnc2C(=O)NCC2(Cc3cncc(F)c3)CC2)cc1Br. The zero-order chi connectivity index (χ0) is 20.4. The molecule has 1 aromatic carbocycles. The van der Waals surface area contributed by atoms with Crippen LogP contribution in [-0.2, 0) is 6.42 Å². The van der Waals surface area contributed by atoms with Crippen molar-refractivity contribution in [2.45, 2.75) is 19.3 Å². The molecule has 2 heterocycles. The van der Waals surface area contributed by atoms with Gasteiger partial charge < -0.3 is 14.5 Å². The first-order valence-electron chi connectivity index (χ1n) is 9.15. The largest absolute Gasteiger partial charge is 0.496 e. The molecular formula is C21H19BrFN3O3. The van der Waals surface area contributed by atoms with E-state index in [-0.39, 0.29) is 22.8 Å². The first kappa shape index (κ1) is 19.6. The van der Waals surface area contributed by atoms with Crippen molar-refractivity contribution in [1.82, 2.24) is 15.3 Å². The Labute approximate surface area is 175 Å². The molecule has 3 aromatic rings. The van der Waals surface area contributed by atoms with Gasteiger partial charge in [-0.3, -0.25) is 9.78 Å². The number of hydrogen-bond acceptors (Lipinski definition) is 5. The number of halogens is 2. The molecule has 1 amide bonds. The van der Waals surface area contributed by atoms with Crippen molar-refractivity contribution in [3.05, 3.63) is 64.6 Å². The molecule has 2 aromatic heterocycles. The van der Waals surface area contributed by atoms with Crippen LogP contribution in [0, 0.1) is 11.2 Å². The summed E-state index contributed by atoms with van der Waals surface area (Å²) in [7, 11) is 1.58. The highest BCUT2D eigenvalue weighted by Crippen LogP contribution is 2.47. The van der Waals surface area contributed by atoms with Crippen molar-refractivity contribution >= 4 is 21.8 Å². The number of pyridine rings is 1. The number of aromatic nitrogens is 2. The van der Waals surface area contributed by atoms with Gasteiger partial charge in [0.05, 0.1) is 17.8 Å². The van der Waals surface area contributed by atoms with Gasteiger partial charge in [-0.15, -0.1) is 0 Å². The average Bonchev–Trinajstić information content (AvgIpc) is 3.28. The molecule has 0 saturated heterocycles. The van der Waals surface area contributed by atoms with Gasteiger partial charge in [-0.1, -0.05) is 0 Å². The van der Waals surface area contributed by atoms with E-state index in [1.165, 1.54) is 18.7 Å². The third-order valence-corrected chi connectivity index (χ3v) is 5.74. The van der Waals surface area contributed by atoms with Gasteiger partial charge in [-0.05, 0) is 70.4 Å². The van der Waals surface area contributed by atoms with Crippen molar-refractivity contribution < 1.29 is 18.3 Å². The highest BCUT2D eigenvalue weighted by atomic mass is 79.9. The number of carbonyl (C=O) groups is 1. The molecule has 0 aliphatic heterocycles. The van der Waals surface area contributed by atoms with Gasteiger partial charge in [0.15, 0.2) is 17.8 Å². The molecule has 1 saturated carbocycles. The van der Waals surface area contributed by atoms with E-state index in [0.717, 1.165) is 22.9 Å². The lowest BCUT2D eigenvalue weighted by Crippen LogP contribution is -2.31. The molecule has 0 spiro atoms. The van der Waals surface area contributed by atoms with Gasteiger partial charge in [-0.2, -0.15) is 0 Å². The van der Waals surface area contributed by atoms with Crippen LogP contribution in [0.3, 0.4) is 0 Å². The second-order valence-electron chi connectivity index (χ2n) is 7.25. The predicted octanol–water partition coefficient (Wildman–Crippen LogP) is 4.40. The van der Waals surface area contributed by atoms with Crippen LogP contribution in [0.5, 0.6) is 5.75 Å². The fourth-order valence-electron chi connectivity index (χ4n) is 3.35. The summed E-state index contributed by atoms with van der Waals surface area (Å²) in [5.74, 6) is 0.427. The first-order valence-corrected chi connectivity index (χ1v) is 9.94. The Bertz CT molecular complexity index is 1050. The standard InChI is InChI=1S/C21H19BrFN3O3/c1-28-17-3-2-14(7-16(17)22)19-18(26-12-29-19)20(27)25-11-21(4-5-21)8-13-6-15(23)10-24-9-13/h2-3,6-7,9-10,12H,4-5,8,11H2,1H3,(H,25,27). The van der Waals surface area contributed by atoms with E-state index in [0.29, 0.717) is 30.0 Å². The molecule has 0 radical (unpaired) electrons. The lowest BCUT2D eigenvalue weighted by Gasteiger charge is -2.16. The summed E-state index contributed by atoms with van der Waals surface area (Å²) in [6.07, 6.45) is 6.74. The van der Waals surface area contributed by atoms with Crippen molar-refractivity contribution in [3.8, 4) is 17.1 Å². The van der Waals surface area contributed by atoms with Crippen molar-refractivity contribution in [2.75, 3.05) is 13.7 Å². The van der Waals surface area contributed by atoms with Gasteiger partial charge >= 0.3 is 0 Å². The number of rotatable bonds is 7. The number of hydrogen-bond donors (Lipinski definition) is 1. The Kier molecular flexibility index (Phi) is 5.36. The summed E-state index contributed by atoms with van der Waals surface area (Å²) in [5, 5.41) is 2.96. The number of ether oxygens (including phenoxy) is 1. The van der Waals surface area contributed by atoms with E-state index in [1.54, 1.807) is 25.4 Å². The fourth-order valence-corrected chi connectivity index (χ4v) is 3.89. The third-order valence-electron chi connectivity index (χ3n) is 5.12. The molecule has 1 aliphatic rings. The van der Waals surface area contributed by atoms with Crippen LogP contribution in [0.2, 0.25) is 0 Å². The van der Waals surface area contributed by atoms with Crippen LogP contribution >= 0.6 is 15.9 Å². The highest BCUT2D eigenvalue weighted by molar-refractivity contribution is 9.10. The number of amides is 1. The Hall–Kier alpha value is -2.74. The van der Waals surface area contributed by atoms with Crippen LogP contribution in [0.4, 0.5) is 4.39 Å². The van der Waals surface area contributed by atoms with Crippen LogP contribution in [-0.4, -0.2) is 29.5 Å². The molecule has 0 atom stereocenters. The van der Waals surface area contributed by atoms with Crippen LogP contribution < -0.4 is 10.1 Å². The zero-order valence-electron chi connectivity index (χ0n) is 15.7. The second-order valence-corrected chi connectivity index (χ2v) is 8.10. The molecule has 1 aliphatic carbocycles. The molecule has 150 valence electrons. The van der Waals surface area contributed by atoms with Crippen LogP contribution in [0.15, 0.2) is 51.9 Å². The predicted molar refractivity (Wildman–Crippen MR) is 108 cm³/mol. The van der Waals surface area contributed by atoms with Gasteiger partial charge in [0.25, 0.3) is 5.91 Å². The minimum atomic E-state index is -0.347. The van der Waals surface area contributed by atoms with Gasteiger partial charge in [0.2, 0.25) is 0 Å². The van der Waals surface area contributed by atoms with E-state index in [9.17, 15) is 9.18 Å². The maximum Gasteiger partial charge on any atom is 0.273 e. The normalized spacial score (nSPS) is 14.4. The van der Waals surface area contributed by atoms with Gasteiger partial charge in [0.1, 0.15) is 11.6 Å². The average molecular weight is 460 g/mol. The summed E-state index contributed by atoms with van der Waals surface area (Å²) in [5.41, 5.74) is 1.72. The number of oxazole rings is 1. The minimum Gasteiger partial charge on any atom is -0.496 e. The summed E-state index contributed by atoms with van der Waals surface area (Å²) in [4.78, 5) is 20.7. The molecule has 29 heavy (non-hydrogen) atoms. The lowest BCUT2D eigenvalue weighted by molar-refractivity contribution is 0.0940. The smallest absolute Gasteiger partial charge is 0.273 e. The Morgan fingerprint density at radius 2 is 2.17 bits per heavy atom. The molecule has 0 bridgehead atoms. The molecule has 8 heteroatoms. The molecule has 0 unspecified atom stereocenters. The summed E-state index contributed by atoms with van der Waals surface area (Å²) < 4.78 is 24.8. The van der Waals surface area contributed by atoms with E-state index in [2.05, 4.69) is 31.2 Å². The topological polar surface area (TPSA) is 77.2 Å². The molecule has 1 fully saturated rings. The van der Waals surface area contributed by atoms with E-state index in [4.69, 9.17) is 9.15 Å². The molecular weight excluding hydrogens is 441 g/mol. The van der Waals surface area contributed by atoms with Gasteiger partial charge in [-0.25, -0.2) is 9.37 Å². The molecule has 4 rings (SSSR count). The first-order chi connectivity index (χ1) is 14.0. The van der Waals surface area contributed by atoms with E-state index < -0.39 is 0 Å². The number of nitrogens with one attached hydrogen (secondary N) is 1. The monoisotopic (exact) mass is 459 g/mol. The number of methoxy groups -OCH3 is 1. The summed E-state index contributed by atoms with van der Waals surface area (Å²) >= 11 is 3.44. The third kappa shape index (κ3) is 4.32. The molecule has 6 nitrogen and oxygen atoms in total. The summed E-state index contributed by atoms with van der Waals surface area (Å²) in [6.45, 7) is 0.487. The zero-order valence-corrected chi connectivity index (χ0v) is 17.3. The number of benzene rings is 1. The number of carbonyl (C=O) groups excluding carboxylic acids is 1. The quantitative estimate of drug-likeness (QED) is 0.566. The summed E-state index contributed by atoms with van der Waals surface area (Å²) in [6, 6.07) is 6.90. The lowest BCUT2D eigenvalue weighted by atomic mass is 9.97. The van der Waals surface area contributed by atoms with Crippen LogP contribution in [0.25, 0.3) is 11.3 Å².